The number of nitrogens with zero attached hydrogens (tertiary/aromatic N) is 1. The van der Waals surface area contributed by atoms with Crippen LogP contribution in [0, 0.1) is 12.8 Å². The minimum absolute atomic E-state index is 0.00153. The van der Waals surface area contributed by atoms with Crippen molar-refractivity contribution >= 4 is 23.0 Å². The highest BCUT2D eigenvalue weighted by Gasteiger charge is 2.26. The van der Waals surface area contributed by atoms with Crippen LogP contribution in [0.4, 0.5) is 11.4 Å². The van der Waals surface area contributed by atoms with Gasteiger partial charge in [0.1, 0.15) is 11.5 Å². The lowest BCUT2D eigenvalue weighted by atomic mass is 9.95. The Morgan fingerprint density at radius 2 is 1.82 bits per heavy atom. The molecule has 2 heterocycles. The average Bonchev–Trinajstić information content (AvgIpc) is 3.33. The van der Waals surface area contributed by atoms with Crippen molar-refractivity contribution in [1.82, 2.24) is 4.90 Å². The Morgan fingerprint density at radius 1 is 1.09 bits per heavy atom. The largest absolute Gasteiger partial charge is 0.496 e. The lowest BCUT2D eigenvalue weighted by molar-refractivity contribution is -0.121. The molecule has 0 unspecified atom stereocenters. The van der Waals surface area contributed by atoms with Gasteiger partial charge in [0.2, 0.25) is 5.91 Å². The monoisotopic (exact) mass is 445 g/mol. The van der Waals surface area contributed by atoms with Gasteiger partial charge >= 0.3 is 0 Å². The van der Waals surface area contributed by atoms with Crippen molar-refractivity contribution in [2.75, 3.05) is 30.8 Å². The molecule has 0 spiro atoms. The summed E-state index contributed by atoms with van der Waals surface area (Å²) in [4.78, 5) is 15.3. The number of nitrogens with one attached hydrogen (secondary N) is 2. The van der Waals surface area contributed by atoms with Gasteiger partial charge in [0.15, 0.2) is 0 Å². The average molecular weight is 446 g/mol. The molecule has 0 radical (unpaired) electrons. The first-order valence-corrected chi connectivity index (χ1v) is 11.3. The highest BCUT2D eigenvalue weighted by atomic mass is 16.5. The standard InChI is InChI=1S/C27H31N3O3/c1-19-17-22(10-11-26(19)32-3)20(2)28-24-8-4-5-9-25(24)29-27(31)21-12-14-30(15-13-21)18-23-7-6-16-33-23/h4-11,16-17,21,28H,2,12-15,18H2,1,3H3,(H,29,31). The number of para-hydroxylation sites is 2. The molecule has 6 nitrogen and oxygen atoms in total. The zero-order valence-corrected chi connectivity index (χ0v) is 19.3. The number of anilines is 2. The number of likely N-dealkylation sites (tertiary alicyclic amines) is 1. The molecule has 4 rings (SSSR count). The molecule has 6 heteroatoms. The first-order chi connectivity index (χ1) is 16.0. The molecule has 3 aromatic rings. The van der Waals surface area contributed by atoms with Crippen LogP contribution in [0.15, 0.2) is 71.9 Å². The van der Waals surface area contributed by atoms with Gasteiger partial charge < -0.3 is 19.8 Å². The molecule has 2 N–H and O–H groups in total. The number of hydrogen-bond donors (Lipinski definition) is 2. The third-order valence-electron chi connectivity index (χ3n) is 6.13. The number of hydrogen-bond acceptors (Lipinski definition) is 5. The summed E-state index contributed by atoms with van der Waals surface area (Å²) >= 11 is 0. The number of amides is 1. The molecule has 1 aromatic heterocycles. The number of carbonyl (C=O) groups is 1. The van der Waals surface area contributed by atoms with Gasteiger partial charge in [-0.25, -0.2) is 0 Å². The van der Waals surface area contributed by atoms with E-state index >= 15 is 0 Å². The maximum absolute atomic E-state index is 13.0. The predicted molar refractivity (Wildman–Crippen MR) is 132 cm³/mol. The smallest absolute Gasteiger partial charge is 0.227 e. The van der Waals surface area contributed by atoms with Crippen molar-refractivity contribution in [2.45, 2.75) is 26.3 Å². The molecule has 0 bridgehead atoms. The second-order valence-corrected chi connectivity index (χ2v) is 8.45. The second kappa shape index (κ2) is 10.4. The summed E-state index contributed by atoms with van der Waals surface area (Å²) in [6, 6.07) is 17.6. The number of piperidine rings is 1. The summed E-state index contributed by atoms with van der Waals surface area (Å²) in [6.07, 6.45) is 3.37. The van der Waals surface area contributed by atoms with E-state index in [1.807, 2.05) is 61.5 Å². The molecular formula is C27H31N3O3. The van der Waals surface area contributed by atoms with E-state index < -0.39 is 0 Å². The molecule has 0 aliphatic carbocycles. The van der Waals surface area contributed by atoms with Crippen molar-refractivity contribution in [2.24, 2.45) is 5.92 Å². The van der Waals surface area contributed by atoms with Gasteiger partial charge in [0.25, 0.3) is 0 Å². The molecular weight excluding hydrogens is 414 g/mol. The van der Waals surface area contributed by atoms with Crippen LogP contribution >= 0.6 is 0 Å². The molecule has 1 saturated heterocycles. The van der Waals surface area contributed by atoms with E-state index in [1.165, 1.54) is 0 Å². The second-order valence-electron chi connectivity index (χ2n) is 8.45. The van der Waals surface area contributed by atoms with Crippen molar-refractivity contribution in [1.29, 1.82) is 0 Å². The van der Waals surface area contributed by atoms with Crippen LogP contribution in [-0.2, 0) is 11.3 Å². The number of rotatable bonds is 8. The van der Waals surface area contributed by atoms with Crippen LogP contribution in [0.3, 0.4) is 0 Å². The van der Waals surface area contributed by atoms with Gasteiger partial charge in [0.05, 0.1) is 31.3 Å². The van der Waals surface area contributed by atoms with Gasteiger partial charge in [-0.05, 0) is 86.4 Å². The molecule has 2 aromatic carbocycles. The molecule has 0 saturated carbocycles. The van der Waals surface area contributed by atoms with Gasteiger partial charge in [-0.2, -0.15) is 0 Å². The topological polar surface area (TPSA) is 66.7 Å². The molecule has 1 aliphatic heterocycles. The summed E-state index contributed by atoms with van der Waals surface area (Å²) in [5.41, 5.74) is 4.34. The highest BCUT2D eigenvalue weighted by molar-refractivity contribution is 5.97. The lowest BCUT2D eigenvalue weighted by Gasteiger charge is -2.30. The van der Waals surface area contributed by atoms with Crippen LogP contribution in [0.25, 0.3) is 5.70 Å². The number of furan rings is 1. The van der Waals surface area contributed by atoms with Gasteiger partial charge in [-0.15, -0.1) is 0 Å². The molecule has 172 valence electrons. The summed E-state index contributed by atoms with van der Waals surface area (Å²) < 4.78 is 10.8. The van der Waals surface area contributed by atoms with Gasteiger partial charge in [-0.3, -0.25) is 9.69 Å². The van der Waals surface area contributed by atoms with Crippen molar-refractivity contribution in [3.05, 3.63) is 84.3 Å². The number of aryl methyl sites for hydroxylation is 1. The van der Waals surface area contributed by atoms with Crippen LogP contribution in [0.1, 0.15) is 29.7 Å². The van der Waals surface area contributed by atoms with E-state index in [0.29, 0.717) is 0 Å². The van der Waals surface area contributed by atoms with E-state index in [-0.39, 0.29) is 11.8 Å². The Kier molecular flexibility index (Phi) is 7.15. The van der Waals surface area contributed by atoms with Crippen LogP contribution in [0.2, 0.25) is 0 Å². The fraction of sp³-hybridized carbons (Fsp3) is 0.296. The Morgan fingerprint density at radius 3 is 2.45 bits per heavy atom. The Bertz CT molecular complexity index is 1100. The fourth-order valence-corrected chi connectivity index (χ4v) is 4.21. The summed E-state index contributed by atoms with van der Waals surface area (Å²) in [6.45, 7) is 8.75. The number of carbonyl (C=O) groups excluding carboxylic acids is 1. The summed E-state index contributed by atoms with van der Waals surface area (Å²) in [5, 5.41) is 6.49. The van der Waals surface area contributed by atoms with E-state index in [0.717, 1.165) is 72.2 Å². The fourth-order valence-electron chi connectivity index (χ4n) is 4.21. The minimum Gasteiger partial charge on any atom is -0.496 e. The molecule has 1 aliphatic rings. The number of benzene rings is 2. The van der Waals surface area contributed by atoms with E-state index in [1.54, 1.807) is 13.4 Å². The van der Waals surface area contributed by atoms with Crippen molar-refractivity contribution in [3.63, 3.8) is 0 Å². The molecule has 1 amide bonds. The lowest BCUT2D eigenvalue weighted by Crippen LogP contribution is -2.37. The van der Waals surface area contributed by atoms with Crippen LogP contribution in [0.5, 0.6) is 5.75 Å². The SMILES string of the molecule is C=C(Nc1ccccc1NC(=O)C1CCN(Cc2ccco2)CC1)c1ccc(OC)c(C)c1. The Labute approximate surface area is 195 Å². The van der Waals surface area contributed by atoms with Crippen molar-refractivity contribution < 1.29 is 13.9 Å². The zero-order chi connectivity index (χ0) is 23.2. The maximum atomic E-state index is 13.0. The van der Waals surface area contributed by atoms with Crippen LogP contribution in [-0.4, -0.2) is 31.0 Å². The maximum Gasteiger partial charge on any atom is 0.227 e. The van der Waals surface area contributed by atoms with Crippen LogP contribution < -0.4 is 15.4 Å². The predicted octanol–water partition coefficient (Wildman–Crippen LogP) is 5.53. The molecule has 33 heavy (non-hydrogen) atoms. The van der Waals surface area contributed by atoms with Gasteiger partial charge in [0, 0.05) is 11.6 Å². The third kappa shape index (κ3) is 5.65. The van der Waals surface area contributed by atoms with Gasteiger partial charge in [-0.1, -0.05) is 18.7 Å². The molecule has 1 fully saturated rings. The Balaban J connectivity index is 1.36. The number of ether oxygens (including phenoxy) is 1. The van der Waals surface area contributed by atoms with E-state index in [4.69, 9.17) is 9.15 Å². The quantitative estimate of drug-likeness (QED) is 0.477. The Hall–Kier alpha value is -3.51. The van der Waals surface area contributed by atoms with E-state index in [9.17, 15) is 4.79 Å². The zero-order valence-electron chi connectivity index (χ0n) is 19.3. The summed E-state index contributed by atoms with van der Waals surface area (Å²) in [7, 11) is 1.66. The van der Waals surface area contributed by atoms with E-state index in [2.05, 4.69) is 22.1 Å². The highest BCUT2D eigenvalue weighted by Crippen LogP contribution is 2.29. The van der Waals surface area contributed by atoms with Crippen molar-refractivity contribution in [3.8, 4) is 5.75 Å². The first kappa shape index (κ1) is 22.7. The number of methoxy groups -OCH3 is 1. The first-order valence-electron chi connectivity index (χ1n) is 11.3. The molecule has 0 atom stereocenters. The normalized spacial score (nSPS) is 14.6. The third-order valence-corrected chi connectivity index (χ3v) is 6.13. The minimum atomic E-state index is -0.00153. The summed E-state index contributed by atoms with van der Waals surface area (Å²) in [5.74, 6) is 1.87.